The average Bonchev–Trinajstić information content (AvgIpc) is 2.64. The lowest BCUT2D eigenvalue weighted by atomic mass is 9.93. The summed E-state index contributed by atoms with van der Waals surface area (Å²) in [5.41, 5.74) is 6.97. The first-order chi connectivity index (χ1) is 12.7. The van der Waals surface area contributed by atoms with Crippen molar-refractivity contribution in [2.45, 2.75) is 63.0 Å². The zero-order valence-corrected chi connectivity index (χ0v) is 17.0. The minimum absolute atomic E-state index is 0.529. The van der Waals surface area contributed by atoms with E-state index in [0.29, 0.717) is 11.2 Å². The average molecular weight is 364 g/mol. The second-order valence-corrected chi connectivity index (χ2v) is 9.09. The molecule has 0 N–H and O–H groups in total. The molecule has 1 heterocycles. The molecule has 136 valence electrons. The summed E-state index contributed by atoms with van der Waals surface area (Å²) in [5, 5.41) is 0.529. The van der Waals surface area contributed by atoms with Gasteiger partial charge < -0.3 is 4.90 Å². The molecule has 0 saturated heterocycles. The molecule has 1 aromatic carbocycles. The van der Waals surface area contributed by atoms with Crippen molar-refractivity contribution >= 4 is 17.4 Å². The monoisotopic (exact) mass is 363 g/mol. The molecular formula is C24H29NS. The first-order valence-electron chi connectivity index (χ1n) is 9.99. The molecule has 4 rings (SSSR count). The third kappa shape index (κ3) is 3.44. The molecule has 0 radical (unpaired) electrons. The maximum atomic E-state index is 2.52. The molecule has 1 nitrogen and oxygen atoms in total. The minimum atomic E-state index is 0.529. The van der Waals surface area contributed by atoms with Gasteiger partial charge in [0.05, 0.1) is 10.9 Å². The highest BCUT2D eigenvalue weighted by atomic mass is 32.2. The Labute approximate surface area is 162 Å². The van der Waals surface area contributed by atoms with E-state index in [4.69, 9.17) is 0 Å². The molecule has 1 aliphatic heterocycles. The number of nitrogens with zero attached hydrogens (tertiary/aromatic N) is 1. The number of allylic oxidation sites excluding steroid dienone is 6. The number of anilines is 1. The van der Waals surface area contributed by atoms with Crippen LogP contribution in [0.2, 0.25) is 0 Å². The van der Waals surface area contributed by atoms with Gasteiger partial charge in [-0.05, 0) is 68.9 Å². The number of unbranched alkanes of at least 4 members (excludes halogenated alkanes) is 1. The van der Waals surface area contributed by atoms with Crippen LogP contribution in [0.3, 0.4) is 0 Å². The summed E-state index contributed by atoms with van der Waals surface area (Å²) in [4.78, 5) is 3.94. The molecule has 0 fully saturated rings. The summed E-state index contributed by atoms with van der Waals surface area (Å²) in [6.07, 6.45) is 18.2. The van der Waals surface area contributed by atoms with Gasteiger partial charge in [-0.1, -0.05) is 49.6 Å². The predicted molar refractivity (Wildman–Crippen MR) is 115 cm³/mol. The van der Waals surface area contributed by atoms with E-state index in [0.717, 1.165) is 6.42 Å². The van der Waals surface area contributed by atoms with Crippen molar-refractivity contribution in [1.82, 2.24) is 0 Å². The van der Waals surface area contributed by atoms with Gasteiger partial charge in [-0.2, -0.15) is 0 Å². The maximum absolute atomic E-state index is 2.52. The highest BCUT2D eigenvalue weighted by Crippen LogP contribution is 2.49. The molecule has 2 aliphatic carbocycles. The van der Waals surface area contributed by atoms with Crippen molar-refractivity contribution in [3.8, 4) is 0 Å². The Morgan fingerprint density at radius 2 is 2.08 bits per heavy atom. The van der Waals surface area contributed by atoms with Gasteiger partial charge in [0.15, 0.2) is 0 Å². The Bertz CT molecular complexity index is 811. The minimum Gasteiger partial charge on any atom is -0.312 e. The highest BCUT2D eigenvalue weighted by Gasteiger charge is 2.33. The lowest BCUT2D eigenvalue weighted by Crippen LogP contribution is -2.33. The smallest absolute Gasteiger partial charge is 0.0595 e. The van der Waals surface area contributed by atoms with Crippen molar-refractivity contribution in [1.29, 1.82) is 0 Å². The fraction of sp³-hybridized carbons (Fsp3) is 0.417. The SMILES string of the molecule is CCCCC1C=CC(N2C3=CC=C(C)CC3Sc3cc(C)ccc32)=CC1. The number of fused-ring (bicyclic) bond motifs is 2. The van der Waals surface area contributed by atoms with Crippen LogP contribution in [0.25, 0.3) is 0 Å². The van der Waals surface area contributed by atoms with E-state index >= 15 is 0 Å². The van der Waals surface area contributed by atoms with E-state index in [1.165, 1.54) is 58.8 Å². The van der Waals surface area contributed by atoms with Crippen molar-refractivity contribution in [3.63, 3.8) is 0 Å². The Morgan fingerprint density at radius 1 is 1.19 bits per heavy atom. The number of hydrogen-bond donors (Lipinski definition) is 0. The predicted octanol–water partition coefficient (Wildman–Crippen LogP) is 7.16. The molecule has 26 heavy (non-hydrogen) atoms. The Hall–Kier alpha value is -1.67. The maximum Gasteiger partial charge on any atom is 0.0595 e. The van der Waals surface area contributed by atoms with Crippen LogP contribution in [0.4, 0.5) is 5.69 Å². The van der Waals surface area contributed by atoms with Gasteiger partial charge in [-0.15, -0.1) is 11.8 Å². The van der Waals surface area contributed by atoms with Crippen molar-refractivity contribution in [3.05, 3.63) is 71.1 Å². The molecule has 0 amide bonds. The van der Waals surface area contributed by atoms with E-state index in [-0.39, 0.29) is 0 Å². The van der Waals surface area contributed by atoms with Crippen molar-refractivity contribution in [2.75, 3.05) is 4.90 Å². The van der Waals surface area contributed by atoms with Crippen LogP contribution in [0.5, 0.6) is 0 Å². The molecule has 0 bridgehead atoms. The molecule has 0 spiro atoms. The van der Waals surface area contributed by atoms with Crippen LogP contribution in [0, 0.1) is 12.8 Å². The fourth-order valence-corrected chi connectivity index (χ4v) is 5.59. The number of rotatable bonds is 4. The molecule has 2 atom stereocenters. The van der Waals surface area contributed by atoms with Crippen LogP contribution in [-0.4, -0.2) is 5.25 Å². The van der Waals surface area contributed by atoms with Crippen LogP contribution in [-0.2, 0) is 0 Å². The molecule has 2 heteroatoms. The zero-order valence-electron chi connectivity index (χ0n) is 16.2. The Balaban J connectivity index is 1.69. The van der Waals surface area contributed by atoms with Gasteiger partial charge in [0, 0.05) is 16.3 Å². The number of thioether (sulfide) groups is 1. The van der Waals surface area contributed by atoms with Gasteiger partial charge >= 0.3 is 0 Å². The quantitative estimate of drug-likeness (QED) is 0.558. The molecule has 1 aromatic rings. The van der Waals surface area contributed by atoms with Crippen LogP contribution in [0.1, 0.15) is 51.5 Å². The fourth-order valence-electron chi connectivity index (χ4n) is 4.10. The van der Waals surface area contributed by atoms with Gasteiger partial charge in [-0.25, -0.2) is 0 Å². The Kier molecular flexibility index (Phi) is 5.13. The van der Waals surface area contributed by atoms with Gasteiger partial charge in [0.1, 0.15) is 0 Å². The number of benzene rings is 1. The summed E-state index contributed by atoms with van der Waals surface area (Å²) in [7, 11) is 0. The summed E-state index contributed by atoms with van der Waals surface area (Å²) < 4.78 is 0. The molecule has 0 saturated carbocycles. The molecule has 2 unspecified atom stereocenters. The number of aryl methyl sites for hydroxylation is 1. The normalized spacial score (nSPS) is 24.4. The van der Waals surface area contributed by atoms with Gasteiger partial charge in [0.2, 0.25) is 0 Å². The summed E-state index contributed by atoms with van der Waals surface area (Å²) in [6.45, 7) is 6.73. The van der Waals surface area contributed by atoms with Crippen molar-refractivity contribution < 1.29 is 0 Å². The van der Waals surface area contributed by atoms with E-state index in [2.05, 4.69) is 74.3 Å². The molecule has 0 aromatic heterocycles. The molecular weight excluding hydrogens is 334 g/mol. The van der Waals surface area contributed by atoms with Gasteiger partial charge in [-0.3, -0.25) is 0 Å². The first kappa shape index (κ1) is 17.7. The van der Waals surface area contributed by atoms with E-state index < -0.39 is 0 Å². The second kappa shape index (κ2) is 7.52. The van der Waals surface area contributed by atoms with E-state index in [9.17, 15) is 0 Å². The third-order valence-electron chi connectivity index (χ3n) is 5.62. The van der Waals surface area contributed by atoms with Crippen LogP contribution < -0.4 is 4.90 Å². The summed E-state index contributed by atoms with van der Waals surface area (Å²) in [5.74, 6) is 0.716. The van der Waals surface area contributed by atoms with E-state index in [1.54, 1.807) is 0 Å². The van der Waals surface area contributed by atoms with Gasteiger partial charge in [0.25, 0.3) is 0 Å². The zero-order chi connectivity index (χ0) is 18.1. The lowest BCUT2D eigenvalue weighted by Gasteiger charge is -2.41. The lowest BCUT2D eigenvalue weighted by molar-refractivity contribution is 0.554. The second-order valence-electron chi connectivity index (χ2n) is 7.85. The van der Waals surface area contributed by atoms with Crippen LogP contribution >= 0.6 is 11.8 Å². The standard InChI is InChI=1S/C24H29NS/c1-4-5-6-19-9-11-20(12-10-19)25-21-13-7-17(2)15-23(21)26-24-16-18(3)8-14-22(24)25/h7-9,11-15,19,24H,4-6,10,16H2,1-3H3. The molecule has 3 aliphatic rings. The van der Waals surface area contributed by atoms with Crippen LogP contribution in [0.15, 0.2) is 70.4 Å². The third-order valence-corrected chi connectivity index (χ3v) is 6.89. The largest absolute Gasteiger partial charge is 0.312 e. The Morgan fingerprint density at radius 3 is 2.85 bits per heavy atom. The van der Waals surface area contributed by atoms with Crippen molar-refractivity contribution in [2.24, 2.45) is 5.92 Å². The van der Waals surface area contributed by atoms with E-state index in [1.807, 2.05) is 11.8 Å². The summed E-state index contributed by atoms with van der Waals surface area (Å²) in [6, 6.07) is 6.90. The highest BCUT2D eigenvalue weighted by molar-refractivity contribution is 8.00. The number of hydrogen-bond acceptors (Lipinski definition) is 2. The topological polar surface area (TPSA) is 3.24 Å². The first-order valence-corrected chi connectivity index (χ1v) is 10.9. The summed E-state index contributed by atoms with van der Waals surface area (Å²) >= 11 is 2.04.